The third kappa shape index (κ3) is 1.44. The number of anilines is 1. The number of hydrogen-bond donors (Lipinski definition) is 2. The number of pyridine rings is 1. The van der Waals surface area contributed by atoms with Crippen molar-refractivity contribution in [3.8, 4) is 6.07 Å². The van der Waals surface area contributed by atoms with Gasteiger partial charge in [0.15, 0.2) is 5.69 Å². The lowest BCUT2D eigenvalue weighted by Gasteiger charge is -2.06. The van der Waals surface area contributed by atoms with Gasteiger partial charge in [-0.2, -0.15) is 5.26 Å². The van der Waals surface area contributed by atoms with E-state index in [0.29, 0.717) is 11.5 Å². The number of rotatable bonds is 1. The minimum absolute atomic E-state index is 0.317. The minimum atomic E-state index is 0.317. The summed E-state index contributed by atoms with van der Waals surface area (Å²) in [5.74, 6) is 0.317. The molecule has 0 atom stereocenters. The number of nitrogens with two attached hydrogens (primary N) is 2. The van der Waals surface area contributed by atoms with Crippen LogP contribution in [0.5, 0.6) is 0 Å². The number of benzene rings is 1. The average molecular weight is 210 g/mol. The molecule has 0 saturated carbocycles. The second-order valence-electron chi connectivity index (χ2n) is 3.28. The van der Waals surface area contributed by atoms with Crippen molar-refractivity contribution in [1.82, 2.24) is 4.98 Å². The van der Waals surface area contributed by atoms with Crippen molar-refractivity contribution in [2.24, 2.45) is 5.73 Å². The Bertz CT molecular complexity index is 608. The Kier molecular flexibility index (Phi) is 2.44. The molecule has 0 unspecified atom stereocenters. The van der Waals surface area contributed by atoms with Crippen LogP contribution in [0, 0.1) is 11.3 Å². The summed E-state index contributed by atoms with van der Waals surface area (Å²) in [7, 11) is 0. The molecule has 0 fully saturated rings. The number of nitrogens with zero attached hydrogens (tertiary/aromatic N) is 2. The lowest BCUT2D eigenvalue weighted by Crippen LogP contribution is -1.99. The van der Waals surface area contributed by atoms with Crippen molar-refractivity contribution in [2.75, 3.05) is 5.73 Å². The van der Waals surface area contributed by atoms with Crippen molar-refractivity contribution in [3.05, 3.63) is 41.7 Å². The summed E-state index contributed by atoms with van der Waals surface area (Å²) in [6.07, 6.45) is 3.09. The van der Waals surface area contributed by atoms with Crippen molar-refractivity contribution in [3.63, 3.8) is 0 Å². The van der Waals surface area contributed by atoms with E-state index in [1.807, 2.05) is 30.3 Å². The van der Waals surface area contributed by atoms with E-state index in [4.69, 9.17) is 16.7 Å². The first-order chi connectivity index (χ1) is 7.77. The van der Waals surface area contributed by atoms with Crippen LogP contribution in [-0.2, 0) is 0 Å². The SMILES string of the molecule is N#Cc1nc(N)c(/C=C\N)c2ccccc12. The molecule has 1 heterocycles. The minimum Gasteiger partial charge on any atom is -0.405 e. The normalized spacial score (nSPS) is 10.7. The Morgan fingerprint density at radius 3 is 2.56 bits per heavy atom. The summed E-state index contributed by atoms with van der Waals surface area (Å²) in [5, 5.41) is 10.6. The van der Waals surface area contributed by atoms with Crippen molar-refractivity contribution >= 4 is 22.7 Å². The number of hydrogen-bond acceptors (Lipinski definition) is 4. The molecule has 0 radical (unpaired) electrons. The van der Waals surface area contributed by atoms with Gasteiger partial charge in [-0.05, 0) is 17.7 Å². The molecule has 4 nitrogen and oxygen atoms in total. The number of fused-ring (bicyclic) bond motifs is 1. The van der Waals surface area contributed by atoms with Gasteiger partial charge in [-0.15, -0.1) is 0 Å². The first-order valence-corrected chi connectivity index (χ1v) is 4.74. The van der Waals surface area contributed by atoms with Crippen LogP contribution in [0.25, 0.3) is 16.8 Å². The molecule has 78 valence electrons. The summed E-state index contributed by atoms with van der Waals surface area (Å²) in [5.41, 5.74) is 12.2. The second kappa shape index (κ2) is 3.91. The predicted octanol–water partition coefficient (Wildman–Crippen LogP) is 1.62. The molecule has 0 aliphatic rings. The Balaban J connectivity index is 2.93. The Hall–Kier alpha value is -2.54. The summed E-state index contributed by atoms with van der Waals surface area (Å²) < 4.78 is 0. The standard InChI is InChI=1S/C12H10N4/c13-6-5-10-8-3-1-2-4-9(8)11(7-14)16-12(10)15/h1-6H,13H2,(H2,15,16)/b6-5-. The molecule has 0 amide bonds. The fraction of sp³-hybridized carbons (Fsp3) is 0. The monoisotopic (exact) mass is 210 g/mol. The topological polar surface area (TPSA) is 88.7 Å². The third-order valence-electron chi connectivity index (χ3n) is 2.35. The molecule has 2 rings (SSSR count). The van der Waals surface area contributed by atoms with Gasteiger partial charge < -0.3 is 11.5 Å². The van der Waals surface area contributed by atoms with Gasteiger partial charge in [-0.1, -0.05) is 24.3 Å². The van der Waals surface area contributed by atoms with E-state index in [1.54, 1.807) is 6.08 Å². The van der Waals surface area contributed by atoms with Crippen molar-refractivity contribution in [1.29, 1.82) is 5.26 Å². The maximum atomic E-state index is 8.97. The summed E-state index contributed by atoms with van der Waals surface area (Å²) >= 11 is 0. The van der Waals surface area contributed by atoms with Crippen LogP contribution >= 0.6 is 0 Å². The molecule has 0 aliphatic carbocycles. The quantitative estimate of drug-likeness (QED) is 0.748. The molecule has 4 N–H and O–H groups in total. The van der Waals surface area contributed by atoms with E-state index in [0.717, 1.165) is 16.3 Å². The van der Waals surface area contributed by atoms with Gasteiger partial charge in [0.05, 0.1) is 0 Å². The van der Waals surface area contributed by atoms with Crippen molar-refractivity contribution < 1.29 is 0 Å². The zero-order chi connectivity index (χ0) is 11.5. The van der Waals surface area contributed by atoms with E-state index in [-0.39, 0.29) is 0 Å². The molecular weight excluding hydrogens is 200 g/mol. The van der Waals surface area contributed by atoms with Crippen LogP contribution in [-0.4, -0.2) is 4.98 Å². The maximum Gasteiger partial charge on any atom is 0.150 e. The molecule has 1 aromatic heterocycles. The summed E-state index contributed by atoms with van der Waals surface area (Å²) in [6.45, 7) is 0. The molecule has 4 heteroatoms. The lowest BCUT2D eigenvalue weighted by molar-refractivity contribution is 1.30. The summed E-state index contributed by atoms with van der Waals surface area (Å²) in [6, 6.07) is 9.51. The Labute approximate surface area is 92.8 Å². The smallest absolute Gasteiger partial charge is 0.150 e. The van der Waals surface area contributed by atoms with Crippen molar-refractivity contribution in [2.45, 2.75) is 0 Å². The Morgan fingerprint density at radius 1 is 1.25 bits per heavy atom. The van der Waals surface area contributed by atoms with Crippen LogP contribution in [0.15, 0.2) is 30.5 Å². The number of aromatic nitrogens is 1. The van der Waals surface area contributed by atoms with Gasteiger partial charge >= 0.3 is 0 Å². The Morgan fingerprint density at radius 2 is 1.94 bits per heavy atom. The van der Waals surface area contributed by atoms with Crippen LogP contribution in [0.4, 0.5) is 5.82 Å². The van der Waals surface area contributed by atoms with Gasteiger partial charge in [0, 0.05) is 10.9 Å². The fourth-order valence-electron chi connectivity index (χ4n) is 1.66. The van der Waals surface area contributed by atoms with E-state index in [9.17, 15) is 0 Å². The van der Waals surface area contributed by atoms with Gasteiger partial charge in [-0.25, -0.2) is 4.98 Å². The lowest BCUT2D eigenvalue weighted by atomic mass is 10.0. The molecule has 0 spiro atoms. The van der Waals surface area contributed by atoms with Crippen LogP contribution in [0.3, 0.4) is 0 Å². The van der Waals surface area contributed by atoms with E-state index in [2.05, 4.69) is 4.98 Å². The van der Waals surface area contributed by atoms with Gasteiger partial charge in [0.1, 0.15) is 11.9 Å². The first-order valence-electron chi connectivity index (χ1n) is 4.74. The highest BCUT2D eigenvalue weighted by Crippen LogP contribution is 2.25. The highest BCUT2D eigenvalue weighted by atomic mass is 14.8. The van der Waals surface area contributed by atoms with Gasteiger partial charge in [0.2, 0.25) is 0 Å². The predicted molar refractivity (Wildman–Crippen MR) is 64.1 cm³/mol. The second-order valence-corrected chi connectivity index (χ2v) is 3.28. The van der Waals surface area contributed by atoms with E-state index in [1.165, 1.54) is 6.20 Å². The van der Waals surface area contributed by atoms with Gasteiger partial charge in [0.25, 0.3) is 0 Å². The largest absolute Gasteiger partial charge is 0.405 e. The van der Waals surface area contributed by atoms with E-state index < -0.39 is 0 Å². The number of nitriles is 1. The fourth-order valence-corrected chi connectivity index (χ4v) is 1.66. The number of nitrogen functional groups attached to an aromatic ring is 1. The van der Waals surface area contributed by atoms with Gasteiger partial charge in [-0.3, -0.25) is 0 Å². The molecule has 0 aliphatic heterocycles. The molecule has 2 aromatic rings. The average Bonchev–Trinajstić information content (AvgIpc) is 2.32. The van der Waals surface area contributed by atoms with Crippen LogP contribution in [0.2, 0.25) is 0 Å². The third-order valence-corrected chi connectivity index (χ3v) is 2.35. The zero-order valence-electron chi connectivity index (χ0n) is 8.51. The first kappa shape index (κ1) is 9.99. The molecule has 0 bridgehead atoms. The maximum absolute atomic E-state index is 8.97. The highest BCUT2D eigenvalue weighted by molar-refractivity contribution is 5.96. The molecule has 1 aromatic carbocycles. The molecule has 16 heavy (non-hydrogen) atoms. The van der Waals surface area contributed by atoms with Crippen LogP contribution in [0.1, 0.15) is 11.3 Å². The highest BCUT2D eigenvalue weighted by Gasteiger charge is 2.08. The molecular formula is C12H10N4. The van der Waals surface area contributed by atoms with Crippen LogP contribution < -0.4 is 11.5 Å². The zero-order valence-corrected chi connectivity index (χ0v) is 8.51. The summed E-state index contributed by atoms with van der Waals surface area (Å²) in [4.78, 5) is 4.05. The molecule has 0 saturated heterocycles. The van der Waals surface area contributed by atoms with E-state index >= 15 is 0 Å².